The molecule has 0 unspecified atom stereocenters. The van der Waals surface area contributed by atoms with E-state index in [1.165, 1.54) is 6.20 Å². The molecule has 0 amide bonds. The molecule has 0 saturated heterocycles. The summed E-state index contributed by atoms with van der Waals surface area (Å²) in [6, 6.07) is 25.0. The Morgan fingerprint density at radius 1 is 0.971 bits per heavy atom. The molecular formula is C28H23Cl2N3O2. The number of pyridine rings is 1. The number of ether oxygens (including phenoxy) is 2. The van der Waals surface area contributed by atoms with Crippen LogP contribution in [0.15, 0.2) is 96.1 Å². The highest BCUT2D eigenvalue weighted by molar-refractivity contribution is 6.36. The Bertz CT molecular complexity index is 1340. The fraction of sp³-hybridized carbons (Fsp3) is 0.0714. The second-order valence-corrected chi connectivity index (χ2v) is 8.26. The number of methoxy groups -OCH3 is 1. The van der Waals surface area contributed by atoms with Crippen molar-refractivity contribution in [2.45, 2.75) is 6.61 Å². The number of halogens is 2. The number of nitrogens with zero attached hydrogens (tertiary/aromatic N) is 2. The zero-order valence-corrected chi connectivity index (χ0v) is 20.5. The van der Waals surface area contributed by atoms with Crippen molar-refractivity contribution in [1.29, 1.82) is 0 Å². The van der Waals surface area contributed by atoms with Crippen LogP contribution < -0.4 is 14.8 Å². The van der Waals surface area contributed by atoms with E-state index in [2.05, 4.69) is 15.3 Å². The second-order valence-electron chi connectivity index (χ2n) is 7.42. The Morgan fingerprint density at radius 2 is 1.77 bits per heavy atom. The molecule has 3 aromatic carbocycles. The van der Waals surface area contributed by atoms with Gasteiger partial charge in [-0.2, -0.15) is 0 Å². The van der Waals surface area contributed by atoms with Crippen LogP contribution in [0, 0.1) is 0 Å². The maximum absolute atomic E-state index is 6.25. The molecule has 0 atom stereocenters. The number of rotatable bonds is 9. The van der Waals surface area contributed by atoms with E-state index in [-0.39, 0.29) is 0 Å². The number of benzene rings is 3. The maximum Gasteiger partial charge on any atom is 0.168 e. The predicted molar refractivity (Wildman–Crippen MR) is 145 cm³/mol. The first-order valence-electron chi connectivity index (χ1n) is 10.9. The van der Waals surface area contributed by atoms with Gasteiger partial charge in [-0.15, -0.1) is 0 Å². The van der Waals surface area contributed by atoms with Gasteiger partial charge in [-0.3, -0.25) is 4.99 Å². The van der Waals surface area contributed by atoms with Crippen LogP contribution in [0.2, 0.25) is 10.0 Å². The molecule has 7 heteroatoms. The molecule has 0 radical (unpaired) electrons. The van der Waals surface area contributed by atoms with Crippen LogP contribution in [0.25, 0.3) is 6.08 Å². The summed E-state index contributed by atoms with van der Waals surface area (Å²) in [6.45, 7) is 0.441. The molecule has 0 bridgehead atoms. The third-order valence-corrected chi connectivity index (χ3v) is 5.49. The zero-order valence-electron chi connectivity index (χ0n) is 19.0. The summed E-state index contributed by atoms with van der Waals surface area (Å²) < 4.78 is 11.6. The van der Waals surface area contributed by atoms with Crippen molar-refractivity contribution in [1.82, 2.24) is 4.98 Å². The first kappa shape index (κ1) is 24.3. The number of nitrogens with one attached hydrogen (secondary N) is 1. The Hall–Kier alpha value is -3.80. The third kappa shape index (κ3) is 6.63. The van der Waals surface area contributed by atoms with Gasteiger partial charge in [0.1, 0.15) is 12.4 Å². The van der Waals surface area contributed by atoms with Gasteiger partial charge in [0.25, 0.3) is 0 Å². The molecule has 0 aliphatic rings. The summed E-state index contributed by atoms with van der Waals surface area (Å²) in [5.74, 6) is 1.85. The Balaban J connectivity index is 1.51. The summed E-state index contributed by atoms with van der Waals surface area (Å²) in [4.78, 5) is 8.84. The monoisotopic (exact) mass is 503 g/mol. The van der Waals surface area contributed by atoms with Gasteiger partial charge in [0.05, 0.1) is 28.5 Å². The molecule has 5 nitrogen and oxygen atoms in total. The molecule has 4 rings (SSSR count). The number of aromatic nitrogens is 1. The van der Waals surface area contributed by atoms with Crippen LogP contribution in [-0.4, -0.2) is 18.3 Å². The van der Waals surface area contributed by atoms with Gasteiger partial charge in [-0.25, -0.2) is 4.98 Å². The first-order chi connectivity index (χ1) is 17.1. The summed E-state index contributed by atoms with van der Waals surface area (Å²) in [7, 11) is 1.63. The molecule has 4 aromatic rings. The van der Waals surface area contributed by atoms with Crippen LogP contribution in [-0.2, 0) is 6.61 Å². The average molecular weight is 504 g/mol. The SMILES string of the molecule is COc1cccc(C=CC=Nc2ccccc2Nc2ncc(Cl)cc2Cl)c1OCc1ccccc1. The van der Waals surface area contributed by atoms with Gasteiger partial charge < -0.3 is 14.8 Å². The standard InChI is InChI=1S/C28H23Cl2N3O2/c1-34-26-15-7-11-21(27(26)35-19-20-9-3-2-4-10-20)12-8-16-31-24-13-5-6-14-25(24)33-28-23(30)17-22(29)18-32-28/h2-18H,19H2,1H3,(H,32,33). The van der Waals surface area contributed by atoms with Gasteiger partial charge >= 0.3 is 0 Å². The molecule has 1 aromatic heterocycles. The van der Waals surface area contributed by atoms with E-state index < -0.39 is 0 Å². The summed E-state index contributed by atoms with van der Waals surface area (Å²) >= 11 is 12.2. The number of allylic oxidation sites excluding steroid dienone is 1. The van der Waals surface area contributed by atoms with Gasteiger partial charge in [-0.1, -0.05) is 77.8 Å². The van der Waals surface area contributed by atoms with Crippen molar-refractivity contribution in [3.05, 3.63) is 112 Å². The Labute approximate surface area is 214 Å². The lowest BCUT2D eigenvalue weighted by atomic mass is 10.1. The minimum Gasteiger partial charge on any atom is -0.493 e. The lowest BCUT2D eigenvalue weighted by Crippen LogP contribution is -1.99. The predicted octanol–water partition coefficient (Wildman–Crippen LogP) is 8.14. The van der Waals surface area contributed by atoms with E-state index >= 15 is 0 Å². The number of hydrogen-bond donors (Lipinski definition) is 1. The molecule has 1 heterocycles. The van der Waals surface area contributed by atoms with Crippen LogP contribution in [0.5, 0.6) is 11.5 Å². The minimum atomic E-state index is 0.428. The van der Waals surface area contributed by atoms with Gasteiger partial charge in [0, 0.05) is 18.0 Å². The van der Waals surface area contributed by atoms with Crippen LogP contribution in [0.3, 0.4) is 0 Å². The summed E-state index contributed by atoms with van der Waals surface area (Å²) in [5.41, 5.74) is 3.46. The van der Waals surface area contributed by atoms with E-state index in [4.69, 9.17) is 32.7 Å². The highest BCUT2D eigenvalue weighted by Gasteiger charge is 2.09. The highest BCUT2D eigenvalue weighted by Crippen LogP contribution is 2.33. The zero-order chi connectivity index (χ0) is 24.5. The summed E-state index contributed by atoms with van der Waals surface area (Å²) in [5, 5.41) is 4.11. The highest BCUT2D eigenvalue weighted by atomic mass is 35.5. The van der Waals surface area contributed by atoms with Crippen molar-refractivity contribution in [3.63, 3.8) is 0 Å². The second kappa shape index (κ2) is 12.1. The van der Waals surface area contributed by atoms with Crippen LogP contribution in [0.4, 0.5) is 17.2 Å². The van der Waals surface area contributed by atoms with Crippen molar-refractivity contribution < 1.29 is 9.47 Å². The molecule has 35 heavy (non-hydrogen) atoms. The molecule has 0 spiro atoms. The Morgan fingerprint density at radius 3 is 2.57 bits per heavy atom. The van der Waals surface area contributed by atoms with Crippen molar-refractivity contribution in [3.8, 4) is 11.5 Å². The van der Waals surface area contributed by atoms with Crippen molar-refractivity contribution in [2.75, 3.05) is 12.4 Å². The molecule has 0 aliphatic heterocycles. The normalized spacial score (nSPS) is 11.2. The van der Waals surface area contributed by atoms with Crippen molar-refractivity contribution in [2.24, 2.45) is 4.99 Å². The van der Waals surface area contributed by atoms with E-state index in [9.17, 15) is 0 Å². The fourth-order valence-electron chi connectivity index (χ4n) is 3.31. The van der Waals surface area contributed by atoms with Gasteiger partial charge in [0.15, 0.2) is 11.5 Å². The number of hydrogen-bond acceptors (Lipinski definition) is 5. The molecule has 0 fully saturated rings. The molecule has 176 valence electrons. The quantitative estimate of drug-likeness (QED) is 0.234. The first-order valence-corrected chi connectivity index (χ1v) is 11.6. The van der Waals surface area contributed by atoms with Crippen LogP contribution in [0.1, 0.15) is 11.1 Å². The van der Waals surface area contributed by atoms with E-state index in [0.29, 0.717) is 34.0 Å². The summed E-state index contributed by atoms with van der Waals surface area (Å²) in [6.07, 6.45) is 7.04. The van der Waals surface area contributed by atoms with Crippen LogP contribution >= 0.6 is 23.2 Å². The van der Waals surface area contributed by atoms with E-state index in [0.717, 1.165) is 22.5 Å². The van der Waals surface area contributed by atoms with E-state index in [1.807, 2.05) is 84.9 Å². The lowest BCUT2D eigenvalue weighted by molar-refractivity contribution is 0.284. The Kier molecular flexibility index (Phi) is 8.39. The lowest BCUT2D eigenvalue weighted by Gasteiger charge is -2.13. The smallest absolute Gasteiger partial charge is 0.168 e. The number of para-hydroxylation sites is 3. The van der Waals surface area contributed by atoms with E-state index in [1.54, 1.807) is 19.4 Å². The number of anilines is 2. The van der Waals surface area contributed by atoms with Gasteiger partial charge in [-0.05, 0) is 42.0 Å². The molecule has 0 aliphatic carbocycles. The molecular weight excluding hydrogens is 481 g/mol. The van der Waals surface area contributed by atoms with Gasteiger partial charge in [0.2, 0.25) is 0 Å². The van der Waals surface area contributed by atoms with Crippen molar-refractivity contribution >= 4 is 52.7 Å². The minimum absolute atomic E-state index is 0.428. The fourth-order valence-corrected chi connectivity index (χ4v) is 3.73. The molecule has 0 saturated carbocycles. The average Bonchev–Trinajstić information content (AvgIpc) is 2.88. The number of aliphatic imine (C=N–C) groups is 1. The molecule has 1 N–H and O–H groups in total. The topological polar surface area (TPSA) is 55.7 Å². The maximum atomic E-state index is 6.25. The third-order valence-electron chi connectivity index (χ3n) is 5.00. The largest absolute Gasteiger partial charge is 0.493 e.